The summed E-state index contributed by atoms with van der Waals surface area (Å²) in [6.07, 6.45) is 0. The van der Waals surface area contributed by atoms with Crippen LogP contribution in [-0.4, -0.2) is 13.4 Å². The Morgan fingerprint density at radius 3 is 1.08 bits per heavy atom. The van der Waals surface area contributed by atoms with Crippen molar-refractivity contribution in [1.29, 1.82) is 0 Å². The molecule has 10 aromatic carbocycles. The number of hydrogen-bond acceptors (Lipinski definition) is 0. The Balaban J connectivity index is 1.28. The number of aryl methyl sites for hydroxylation is 4. The largest absolute Gasteiger partial charge is 0.244 e. The number of fused-ring (bicyclic) bond motifs is 10. The second kappa shape index (κ2) is 11.6. The molecule has 0 saturated carbocycles. The lowest BCUT2D eigenvalue weighted by molar-refractivity contribution is 1.38. The third kappa shape index (κ3) is 4.06. The van der Waals surface area contributed by atoms with Gasteiger partial charge in [0.25, 0.3) is 0 Å². The highest BCUT2D eigenvalue weighted by Crippen LogP contribution is 2.52. The van der Waals surface area contributed by atoms with E-state index < -0.39 is 0 Å². The van der Waals surface area contributed by atoms with Crippen LogP contribution in [0, 0.1) is 27.7 Å². The molecule has 0 atom stereocenters. The molecule has 14 rings (SSSR count). The average molecular weight is 888 g/mol. The fourth-order valence-corrected chi connectivity index (χ4v) is 13.7. The van der Waals surface area contributed by atoms with Gasteiger partial charge >= 0.3 is 0 Å². The van der Waals surface area contributed by atoms with E-state index in [0.717, 1.165) is 8.95 Å². The van der Waals surface area contributed by atoms with Crippen molar-refractivity contribution in [3.05, 3.63) is 165 Å². The predicted molar refractivity (Wildman–Crippen MR) is 266 cm³/mol. The molecular weight excluding hydrogens is 854 g/mol. The first-order valence-corrected chi connectivity index (χ1v) is 22.7. The molecule has 4 aliphatic heterocycles. The molecule has 0 nitrogen and oxygen atoms in total. The van der Waals surface area contributed by atoms with E-state index in [-0.39, 0.29) is 13.4 Å². The van der Waals surface area contributed by atoms with Gasteiger partial charge in [0.05, 0.1) is 0 Å². The van der Waals surface area contributed by atoms with Gasteiger partial charge in [-0.2, -0.15) is 0 Å². The van der Waals surface area contributed by atoms with E-state index >= 15 is 0 Å². The van der Waals surface area contributed by atoms with Crippen molar-refractivity contribution in [1.82, 2.24) is 0 Å². The highest BCUT2D eigenvalue weighted by molar-refractivity contribution is 9.10. The third-order valence-electron chi connectivity index (χ3n) is 14.9. The molecule has 4 heterocycles. The van der Waals surface area contributed by atoms with Gasteiger partial charge in [-0.15, -0.1) is 0 Å². The zero-order valence-corrected chi connectivity index (χ0v) is 36.8. The van der Waals surface area contributed by atoms with Gasteiger partial charge in [0.1, 0.15) is 0 Å². The van der Waals surface area contributed by atoms with Gasteiger partial charge in [0, 0.05) is 8.95 Å². The molecule has 60 heavy (non-hydrogen) atoms. The second-order valence-electron chi connectivity index (χ2n) is 17.9. The Morgan fingerprint density at radius 2 is 0.683 bits per heavy atom. The quantitative estimate of drug-likeness (QED) is 0.120. The SMILES string of the molecule is Cc1cccc(C)c1-c1cc2c3c(cc4c(-c5c(C)cccc5C)cc5c6c(cc1c3c46)B1c3ccccc3-c3cc(Br)cc-5c31)B1c3ccccc3-c3cc(Br)cc-2c31. The first-order chi connectivity index (χ1) is 29.3. The standard InChI is InChI=1S/C56H34B2Br2/c1-27-11-9-12-28(2)49(27)35-23-37-43-21-31(59)19-41-33-15-6-8-18-46(33)58(55(41)43)48-26-40-36(50-29(3)13-10-14-30(50)4)24-38-44-22-32(60)20-42-34-16-5-7-17-45(34)57(56(42)44)47-25-39(35)53(51(37)48)54(40)52(38)47/h5-26H,1-4H3. The van der Waals surface area contributed by atoms with Crippen LogP contribution < -0.4 is 32.8 Å². The maximum Gasteiger partial charge on any atom is 0.244 e. The molecule has 0 bridgehead atoms. The van der Waals surface area contributed by atoms with Gasteiger partial charge in [0.2, 0.25) is 13.4 Å². The summed E-state index contributed by atoms with van der Waals surface area (Å²) in [7, 11) is 0. The zero-order chi connectivity index (χ0) is 40.0. The molecule has 0 radical (unpaired) electrons. The Labute approximate surface area is 367 Å². The lowest BCUT2D eigenvalue weighted by Crippen LogP contribution is -2.53. The molecule has 4 aliphatic rings. The summed E-state index contributed by atoms with van der Waals surface area (Å²) in [5, 5.41) is 8.37. The van der Waals surface area contributed by atoms with Crippen molar-refractivity contribution in [3.8, 4) is 66.8 Å². The molecule has 278 valence electrons. The maximum absolute atomic E-state index is 4.03. The molecular formula is C56H34B2Br2. The summed E-state index contributed by atoms with van der Waals surface area (Å²) in [6.45, 7) is 9.49. The topological polar surface area (TPSA) is 0 Å². The molecule has 0 amide bonds. The number of benzene rings is 10. The molecule has 10 aromatic rings. The first kappa shape index (κ1) is 34.1. The minimum atomic E-state index is 0.142. The zero-order valence-electron chi connectivity index (χ0n) is 33.6. The smallest absolute Gasteiger partial charge is 0.0664 e. The normalized spacial score (nSPS) is 13.4. The van der Waals surface area contributed by atoms with Crippen LogP contribution in [0.3, 0.4) is 0 Å². The maximum atomic E-state index is 4.03. The first-order valence-electron chi connectivity index (χ1n) is 21.1. The molecule has 0 aromatic heterocycles. The monoisotopic (exact) mass is 886 g/mol. The number of rotatable bonds is 2. The average Bonchev–Trinajstić information content (AvgIpc) is 3.75. The third-order valence-corrected chi connectivity index (χ3v) is 15.8. The Bertz CT molecular complexity index is 3410. The lowest BCUT2D eigenvalue weighted by atomic mass is 9.34. The van der Waals surface area contributed by atoms with E-state index in [1.807, 2.05) is 0 Å². The van der Waals surface area contributed by atoms with E-state index in [4.69, 9.17) is 0 Å². The van der Waals surface area contributed by atoms with Crippen molar-refractivity contribution in [3.63, 3.8) is 0 Å². The molecule has 0 unspecified atom stereocenters. The molecule has 4 heteroatoms. The van der Waals surface area contributed by atoms with E-state index in [9.17, 15) is 0 Å². The summed E-state index contributed by atoms with van der Waals surface area (Å²) >= 11 is 8.06. The van der Waals surface area contributed by atoms with E-state index in [1.54, 1.807) is 0 Å². The summed E-state index contributed by atoms with van der Waals surface area (Å²) in [4.78, 5) is 0. The molecule has 0 saturated heterocycles. The molecule has 0 aliphatic carbocycles. The van der Waals surface area contributed by atoms with Crippen LogP contribution in [0.15, 0.2) is 142 Å². The van der Waals surface area contributed by atoms with Gasteiger partial charge in [0.15, 0.2) is 0 Å². The highest BCUT2D eigenvalue weighted by atomic mass is 79.9. The molecule has 0 N–H and O–H groups in total. The van der Waals surface area contributed by atoms with Crippen LogP contribution in [0.5, 0.6) is 0 Å². The summed E-state index contributed by atoms with van der Waals surface area (Å²) in [5.41, 5.74) is 30.0. The minimum Gasteiger partial charge on any atom is -0.0664 e. The van der Waals surface area contributed by atoms with Gasteiger partial charge in [-0.05, 0) is 185 Å². The van der Waals surface area contributed by atoms with Gasteiger partial charge in [-0.25, -0.2) is 0 Å². The van der Waals surface area contributed by atoms with Crippen molar-refractivity contribution in [2.24, 2.45) is 0 Å². The summed E-state index contributed by atoms with van der Waals surface area (Å²) < 4.78 is 2.26. The van der Waals surface area contributed by atoms with Crippen molar-refractivity contribution >= 4 is 110 Å². The minimum absolute atomic E-state index is 0.142. The summed E-state index contributed by atoms with van der Waals surface area (Å²) in [6, 6.07) is 52.0. The van der Waals surface area contributed by atoms with E-state index in [0.29, 0.717) is 0 Å². The van der Waals surface area contributed by atoms with Crippen LogP contribution in [-0.2, 0) is 0 Å². The van der Waals surface area contributed by atoms with Crippen molar-refractivity contribution in [2.45, 2.75) is 27.7 Å². The predicted octanol–water partition coefficient (Wildman–Crippen LogP) is 11.6. The molecule has 0 fully saturated rings. The second-order valence-corrected chi connectivity index (χ2v) is 19.7. The fraction of sp³-hybridized carbons (Fsp3) is 0.0714. The summed E-state index contributed by atoms with van der Waals surface area (Å²) in [5.74, 6) is 0. The van der Waals surface area contributed by atoms with Crippen molar-refractivity contribution in [2.75, 3.05) is 0 Å². The van der Waals surface area contributed by atoms with E-state index in [1.165, 1.54) is 154 Å². The van der Waals surface area contributed by atoms with Gasteiger partial charge in [-0.1, -0.05) is 162 Å². The van der Waals surface area contributed by atoms with Gasteiger partial charge in [-0.3, -0.25) is 0 Å². The highest BCUT2D eigenvalue weighted by Gasteiger charge is 2.45. The van der Waals surface area contributed by atoms with Crippen molar-refractivity contribution < 1.29 is 0 Å². The Hall–Kier alpha value is -5.67. The number of hydrogen-bond donors (Lipinski definition) is 0. The number of halogens is 2. The van der Waals surface area contributed by atoms with Crippen LogP contribution in [0.1, 0.15) is 22.3 Å². The lowest BCUT2D eigenvalue weighted by Gasteiger charge is -2.33. The molecule has 0 spiro atoms. The van der Waals surface area contributed by atoms with E-state index in [2.05, 4.69) is 193 Å². The van der Waals surface area contributed by atoms with Crippen LogP contribution in [0.4, 0.5) is 0 Å². The van der Waals surface area contributed by atoms with Crippen LogP contribution in [0.2, 0.25) is 0 Å². The Kier molecular flexibility index (Phi) is 6.57. The Morgan fingerprint density at radius 1 is 0.317 bits per heavy atom. The van der Waals surface area contributed by atoms with Gasteiger partial charge < -0.3 is 0 Å². The fourth-order valence-electron chi connectivity index (χ4n) is 12.7. The van der Waals surface area contributed by atoms with Crippen LogP contribution >= 0.6 is 31.9 Å². The van der Waals surface area contributed by atoms with Crippen LogP contribution in [0.25, 0.3) is 99.1 Å².